The van der Waals surface area contributed by atoms with Crippen LogP contribution in [0.15, 0.2) is 36.7 Å². The average molecular weight is 339 g/mol. The quantitative estimate of drug-likeness (QED) is 0.838. The van der Waals surface area contributed by atoms with Crippen molar-refractivity contribution in [2.75, 3.05) is 19.7 Å². The molecule has 0 unspecified atom stereocenters. The Kier molecular flexibility index (Phi) is 4.47. The van der Waals surface area contributed by atoms with Gasteiger partial charge in [0.05, 0.1) is 24.4 Å². The molecule has 1 aromatic heterocycles. The van der Waals surface area contributed by atoms with Crippen LogP contribution in [0.1, 0.15) is 47.6 Å². The number of para-hydroxylation sites is 1. The minimum Gasteiger partial charge on any atom is -0.492 e. The molecule has 0 N–H and O–H groups in total. The third-order valence-electron chi connectivity index (χ3n) is 5.08. The summed E-state index contributed by atoms with van der Waals surface area (Å²) in [5, 5.41) is 4.43. The van der Waals surface area contributed by atoms with E-state index in [9.17, 15) is 4.79 Å². The van der Waals surface area contributed by atoms with Crippen LogP contribution >= 0.6 is 0 Å². The van der Waals surface area contributed by atoms with Gasteiger partial charge in [-0.3, -0.25) is 9.48 Å². The Labute approximate surface area is 148 Å². The first kappa shape index (κ1) is 16.2. The molecule has 5 heteroatoms. The summed E-state index contributed by atoms with van der Waals surface area (Å²) >= 11 is 0. The maximum atomic E-state index is 13.1. The van der Waals surface area contributed by atoms with Crippen molar-refractivity contribution in [3.05, 3.63) is 47.8 Å². The van der Waals surface area contributed by atoms with E-state index in [1.165, 1.54) is 12.8 Å². The zero-order valence-corrected chi connectivity index (χ0v) is 14.7. The summed E-state index contributed by atoms with van der Waals surface area (Å²) in [4.78, 5) is 15.0. The number of aromatic nitrogens is 2. The van der Waals surface area contributed by atoms with E-state index in [4.69, 9.17) is 4.74 Å². The number of likely N-dealkylation sites (tertiary alicyclic amines) is 1. The summed E-state index contributed by atoms with van der Waals surface area (Å²) in [5.41, 5.74) is 1.84. The van der Waals surface area contributed by atoms with Gasteiger partial charge in [0.15, 0.2) is 0 Å². The molecule has 2 fully saturated rings. The summed E-state index contributed by atoms with van der Waals surface area (Å²) in [6.45, 7) is 4.27. The molecular formula is C20H25N3O2. The monoisotopic (exact) mass is 339 g/mol. The Morgan fingerprint density at radius 3 is 2.88 bits per heavy atom. The first-order valence-electron chi connectivity index (χ1n) is 9.22. The lowest BCUT2D eigenvalue weighted by Gasteiger charge is -2.33. The molecule has 2 heterocycles. The first-order chi connectivity index (χ1) is 12.2. The molecule has 0 spiro atoms. The fourth-order valence-electron chi connectivity index (χ4n) is 3.42. The molecule has 1 atom stereocenters. The lowest BCUT2D eigenvalue weighted by molar-refractivity contribution is 0.0668. The van der Waals surface area contributed by atoms with Crippen molar-refractivity contribution in [2.45, 2.75) is 38.6 Å². The van der Waals surface area contributed by atoms with E-state index in [1.54, 1.807) is 0 Å². The second-order valence-electron chi connectivity index (χ2n) is 7.30. The summed E-state index contributed by atoms with van der Waals surface area (Å²) in [6.07, 6.45) is 8.48. The van der Waals surface area contributed by atoms with Crippen LogP contribution in [-0.2, 0) is 0 Å². The van der Waals surface area contributed by atoms with Crippen molar-refractivity contribution in [2.24, 2.45) is 5.92 Å². The highest BCUT2D eigenvalue weighted by Gasteiger charge is 2.28. The van der Waals surface area contributed by atoms with Gasteiger partial charge in [-0.25, -0.2) is 0 Å². The fourth-order valence-corrected chi connectivity index (χ4v) is 3.42. The summed E-state index contributed by atoms with van der Waals surface area (Å²) < 4.78 is 7.93. The van der Waals surface area contributed by atoms with Crippen LogP contribution in [0.3, 0.4) is 0 Å². The maximum Gasteiger partial charge on any atom is 0.257 e. The second kappa shape index (κ2) is 6.90. The van der Waals surface area contributed by atoms with Crippen LogP contribution in [0.2, 0.25) is 0 Å². The lowest BCUT2D eigenvalue weighted by Crippen LogP contribution is -2.41. The molecule has 25 heavy (non-hydrogen) atoms. The highest BCUT2D eigenvalue weighted by molar-refractivity contribution is 5.97. The van der Waals surface area contributed by atoms with E-state index in [0.717, 1.165) is 37.3 Å². The molecular weight excluding hydrogens is 314 g/mol. The van der Waals surface area contributed by atoms with Crippen molar-refractivity contribution in [3.8, 4) is 5.75 Å². The summed E-state index contributed by atoms with van der Waals surface area (Å²) in [5.74, 6) is 1.46. The molecule has 1 saturated carbocycles. The molecule has 1 aliphatic carbocycles. The fraction of sp³-hybridized carbons (Fsp3) is 0.500. The third kappa shape index (κ3) is 3.70. The van der Waals surface area contributed by atoms with Crippen molar-refractivity contribution in [1.82, 2.24) is 14.7 Å². The van der Waals surface area contributed by atoms with E-state index in [2.05, 4.69) is 11.3 Å². The van der Waals surface area contributed by atoms with E-state index in [1.807, 2.05) is 47.0 Å². The smallest absolute Gasteiger partial charge is 0.257 e. The van der Waals surface area contributed by atoms with Gasteiger partial charge in [-0.15, -0.1) is 0 Å². The minimum absolute atomic E-state index is 0.0694. The van der Waals surface area contributed by atoms with Crippen LogP contribution in [0.25, 0.3) is 0 Å². The van der Waals surface area contributed by atoms with Crippen LogP contribution in [-0.4, -0.2) is 40.3 Å². The number of ether oxygens (including phenoxy) is 1. The summed E-state index contributed by atoms with van der Waals surface area (Å²) in [6, 6.07) is 7.89. The van der Waals surface area contributed by atoms with Gasteiger partial charge in [-0.05, 0) is 56.2 Å². The molecule has 132 valence electrons. The normalized spacial score (nSPS) is 20.5. The molecule has 1 amide bonds. The molecule has 4 rings (SSSR count). The van der Waals surface area contributed by atoms with E-state index < -0.39 is 0 Å². The van der Waals surface area contributed by atoms with Crippen LogP contribution < -0.4 is 4.74 Å². The topological polar surface area (TPSA) is 47.4 Å². The van der Waals surface area contributed by atoms with Gasteiger partial charge in [0.2, 0.25) is 0 Å². The number of carbonyl (C=O) groups excluding carboxylic acids is 1. The Morgan fingerprint density at radius 2 is 2.12 bits per heavy atom. The van der Waals surface area contributed by atoms with Gasteiger partial charge < -0.3 is 9.64 Å². The molecule has 5 nitrogen and oxygen atoms in total. The predicted octanol–water partition coefficient (Wildman–Crippen LogP) is 3.46. The number of aryl methyl sites for hydroxylation is 1. The number of benzene rings is 1. The minimum atomic E-state index is 0.0694. The number of amides is 1. The molecule has 0 radical (unpaired) electrons. The number of rotatable bonds is 5. The molecule has 2 aliphatic rings. The summed E-state index contributed by atoms with van der Waals surface area (Å²) in [7, 11) is 0. The molecule has 2 aromatic rings. The van der Waals surface area contributed by atoms with Crippen LogP contribution in [0, 0.1) is 12.8 Å². The van der Waals surface area contributed by atoms with E-state index in [-0.39, 0.29) is 11.9 Å². The predicted molar refractivity (Wildman–Crippen MR) is 95.8 cm³/mol. The number of piperidine rings is 1. The highest BCUT2D eigenvalue weighted by atomic mass is 16.5. The number of hydrogen-bond acceptors (Lipinski definition) is 3. The molecule has 1 saturated heterocycles. The van der Waals surface area contributed by atoms with E-state index in [0.29, 0.717) is 18.0 Å². The largest absolute Gasteiger partial charge is 0.492 e. The molecule has 0 bridgehead atoms. The van der Waals surface area contributed by atoms with Crippen LogP contribution in [0.5, 0.6) is 5.75 Å². The van der Waals surface area contributed by atoms with Gasteiger partial charge in [0.1, 0.15) is 5.75 Å². The van der Waals surface area contributed by atoms with Crippen molar-refractivity contribution in [3.63, 3.8) is 0 Å². The number of nitrogens with zero attached hydrogens (tertiary/aromatic N) is 3. The Hall–Kier alpha value is -2.30. The first-order valence-corrected chi connectivity index (χ1v) is 9.22. The van der Waals surface area contributed by atoms with Gasteiger partial charge in [-0.1, -0.05) is 12.1 Å². The Morgan fingerprint density at radius 1 is 1.28 bits per heavy atom. The maximum absolute atomic E-state index is 13.1. The standard InChI is InChI=1S/C20H25N3O2/c1-15-11-21-23(12-15)17-5-4-10-22(13-17)20(24)18-6-2-3-7-19(18)25-14-16-8-9-16/h2-3,6-7,11-12,16-17H,4-5,8-10,13-14H2,1H3/t17-/m1/s1. The van der Waals surface area contributed by atoms with E-state index >= 15 is 0 Å². The highest BCUT2D eigenvalue weighted by Crippen LogP contribution is 2.31. The zero-order valence-electron chi connectivity index (χ0n) is 14.7. The van der Waals surface area contributed by atoms with Crippen molar-refractivity contribution in [1.29, 1.82) is 0 Å². The van der Waals surface area contributed by atoms with Crippen molar-refractivity contribution >= 4 is 5.91 Å². The Bertz CT molecular complexity index is 751. The second-order valence-corrected chi connectivity index (χ2v) is 7.30. The SMILES string of the molecule is Cc1cnn([C@@H]2CCCN(C(=O)c3ccccc3OCC3CC3)C2)c1. The number of hydrogen-bond donors (Lipinski definition) is 0. The molecule has 1 aromatic carbocycles. The van der Waals surface area contributed by atoms with Gasteiger partial charge in [0, 0.05) is 19.3 Å². The van der Waals surface area contributed by atoms with Crippen molar-refractivity contribution < 1.29 is 9.53 Å². The van der Waals surface area contributed by atoms with Gasteiger partial charge >= 0.3 is 0 Å². The molecule has 1 aliphatic heterocycles. The van der Waals surface area contributed by atoms with Crippen LogP contribution in [0.4, 0.5) is 0 Å². The average Bonchev–Trinajstić information content (AvgIpc) is 3.38. The van der Waals surface area contributed by atoms with Gasteiger partial charge in [0.25, 0.3) is 5.91 Å². The zero-order chi connectivity index (χ0) is 17.2. The lowest BCUT2D eigenvalue weighted by atomic mass is 10.0. The third-order valence-corrected chi connectivity index (χ3v) is 5.08. The number of carbonyl (C=O) groups is 1. The Balaban J connectivity index is 1.48. The van der Waals surface area contributed by atoms with Gasteiger partial charge in [-0.2, -0.15) is 5.10 Å².